The van der Waals surface area contributed by atoms with Crippen molar-refractivity contribution in [1.29, 1.82) is 0 Å². The maximum absolute atomic E-state index is 12.3. The van der Waals surface area contributed by atoms with E-state index in [1.165, 1.54) is 0 Å². The number of ether oxygens (including phenoxy) is 3. The lowest BCUT2D eigenvalue weighted by molar-refractivity contribution is -0.0280. The Balaban J connectivity index is 2.02. The Morgan fingerprint density at radius 1 is 1.64 bits per heavy atom. The highest BCUT2D eigenvalue weighted by Gasteiger charge is 2.26. The largest absolute Gasteiger partial charge is 0.508 e. The van der Waals surface area contributed by atoms with Crippen molar-refractivity contribution in [2.24, 2.45) is 0 Å². The zero-order valence-electron chi connectivity index (χ0n) is 7.79. The average molecular weight is 210 g/mol. The molecule has 0 aromatic carbocycles. The predicted octanol–water partition coefficient (Wildman–Crippen LogP) is 1.58. The van der Waals surface area contributed by atoms with Crippen LogP contribution in [0.1, 0.15) is 13.3 Å². The van der Waals surface area contributed by atoms with Gasteiger partial charge in [0.15, 0.2) is 6.10 Å². The molecule has 1 heterocycles. The number of cyclic esters (lactones) is 2. The van der Waals surface area contributed by atoms with E-state index >= 15 is 0 Å². The van der Waals surface area contributed by atoms with Crippen LogP contribution >= 0.6 is 0 Å². The van der Waals surface area contributed by atoms with Crippen molar-refractivity contribution in [3.05, 3.63) is 0 Å². The molecule has 1 saturated heterocycles. The summed E-state index contributed by atoms with van der Waals surface area (Å²) in [5.41, 5.74) is 0. The van der Waals surface area contributed by atoms with Gasteiger partial charge in [-0.2, -0.15) is 0 Å². The Labute approximate surface area is 80.1 Å². The third-order valence-electron chi connectivity index (χ3n) is 1.64. The predicted molar refractivity (Wildman–Crippen MR) is 42.3 cm³/mol. The van der Waals surface area contributed by atoms with Crippen LogP contribution in [0.3, 0.4) is 0 Å². The van der Waals surface area contributed by atoms with Gasteiger partial charge in [0.2, 0.25) is 5.92 Å². The van der Waals surface area contributed by atoms with Crippen LogP contribution in [0.2, 0.25) is 0 Å². The molecule has 0 saturated carbocycles. The summed E-state index contributed by atoms with van der Waals surface area (Å²) < 4.78 is 38.6. The van der Waals surface area contributed by atoms with E-state index in [4.69, 9.17) is 4.74 Å². The Bertz CT molecular complexity index is 202. The van der Waals surface area contributed by atoms with E-state index in [2.05, 4.69) is 9.47 Å². The molecular formula is C8H12F2O4. The smallest absolute Gasteiger partial charge is 0.430 e. The zero-order chi connectivity index (χ0) is 10.6. The first-order valence-corrected chi connectivity index (χ1v) is 4.26. The van der Waals surface area contributed by atoms with Crippen molar-refractivity contribution >= 4 is 6.16 Å². The fraction of sp³-hybridized carbons (Fsp3) is 0.875. The maximum Gasteiger partial charge on any atom is 0.508 e. The van der Waals surface area contributed by atoms with Gasteiger partial charge in [0.25, 0.3) is 0 Å². The Hall–Kier alpha value is -0.910. The first kappa shape index (κ1) is 11.2. The highest BCUT2D eigenvalue weighted by atomic mass is 19.3. The lowest BCUT2D eigenvalue weighted by Crippen LogP contribution is -2.20. The summed E-state index contributed by atoms with van der Waals surface area (Å²) in [6.07, 6.45) is -1.54. The van der Waals surface area contributed by atoms with Crippen LogP contribution < -0.4 is 0 Å². The highest BCUT2D eigenvalue weighted by Crippen LogP contribution is 2.16. The van der Waals surface area contributed by atoms with Crippen LogP contribution in [-0.2, 0) is 14.2 Å². The average Bonchev–Trinajstić information content (AvgIpc) is 2.44. The summed E-state index contributed by atoms with van der Waals surface area (Å²) in [5, 5.41) is 0. The van der Waals surface area contributed by atoms with Crippen LogP contribution in [0.15, 0.2) is 0 Å². The first-order valence-electron chi connectivity index (χ1n) is 4.26. The number of halogens is 2. The van der Waals surface area contributed by atoms with Gasteiger partial charge in [0.05, 0.1) is 13.2 Å². The van der Waals surface area contributed by atoms with Gasteiger partial charge in [-0.15, -0.1) is 0 Å². The fourth-order valence-corrected chi connectivity index (χ4v) is 0.913. The summed E-state index contributed by atoms with van der Waals surface area (Å²) >= 11 is 0. The minimum Gasteiger partial charge on any atom is -0.430 e. The van der Waals surface area contributed by atoms with E-state index in [0.717, 1.165) is 6.92 Å². The number of carbonyl (C=O) groups is 1. The molecule has 0 bridgehead atoms. The van der Waals surface area contributed by atoms with Crippen molar-refractivity contribution in [2.45, 2.75) is 25.4 Å². The van der Waals surface area contributed by atoms with Crippen LogP contribution in [0.4, 0.5) is 13.6 Å². The van der Waals surface area contributed by atoms with E-state index in [9.17, 15) is 13.6 Å². The van der Waals surface area contributed by atoms with Gasteiger partial charge < -0.3 is 14.2 Å². The third-order valence-corrected chi connectivity index (χ3v) is 1.64. The van der Waals surface area contributed by atoms with E-state index in [0.29, 0.717) is 0 Å². The fourth-order valence-electron chi connectivity index (χ4n) is 0.913. The minimum atomic E-state index is -2.72. The molecule has 1 fully saturated rings. The summed E-state index contributed by atoms with van der Waals surface area (Å²) in [5.74, 6) is -2.72. The number of hydrogen-bond donors (Lipinski definition) is 0. The molecule has 0 aromatic rings. The van der Waals surface area contributed by atoms with Crippen molar-refractivity contribution < 1.29 is 27.8 Å². The molecule has 82 valence electrons. The van der Waals surface area contributed by atoms with Crippen molar-refractivity contribution in [1.82, 2.24) is 0 Å². The second-order valence-electron chi connectivity index (χ2n) is 3.20. The molecule has 4 nitrogen and oxygen atoms in total. The topological polar surface area (TPSA) is 44.8 Å². The Morgan fingerprint density at radius 2 is 2.36 bits per heavy atom. The van der Waals surface area contributed by atoms with E-state index in [1.54, 1.807) is 0 Å². The van der Waals surface area contributed by atoms with Gasteiger partial charge in [-0.1, -0.05) is 0 Å². The molecule has 14 heavy (non-hydrogen) atoms. The summed E-state index contributed by atoms with van der Waals surface area (Å²) in [6, 6.07) is 0. The molecule has 1 atom stereocenters. The van der Waals surface area contributed by atoms with Gasteiger partial charge in [-0.3, -0.25) is 0 Å². The van der Waals surface area contributed by atoms with Gasteiger partial charge in [0, 0.05) is 6.42 Å². The van der Waals surface area contributed by atoms with Crippen LogP contribution in [0.25, 0.3) is 0 Å². The van der Waals surface area contributed by atoms with E-state index in [1.807, 2.05) is 0 Å². The molecule has 1 unspecified atom stereocenters. The second kappa shape index (κ2) is 4.54. The molecule has 0 amide bonds. The number of carbonyl (C=O) groups excluding carboxylic acids is 1. The zero-order valence-corrected chi connectivity index (χ0v) is 7.79. The third kappa shape index (κ3) is 4.36. The van der Waals surface area contributed by atoms with Crippen LogP contribution in [0, 0.1) is 0 Å². The van der Waals surface area contributed by atoms with Gasteiger partial charge in [-0.25, -0.2) is 13.6 Å². The summed E-state index contributed by atoms with van der Waals surface area (Å²) in [6.45, 7) is 0.996. The van der Waals surface area contributed by atoms with Crippen molar-refractivity contribution in [3.8, 4) is 0 Å². The summed E-state index contributed by atoms with van der Waals surface area (Å²) in [4.78, 5) is 10.4. The SMILES string of the molecule is CC(F)(F)CCOCC1COC(=O)O1. The standard InChI is InChI=1S/C8H12F2O4/c1-8(9,10)2-3-12-4-6-5-13-7(11)14-6/h6H,2-5H2,1H3. The van der Waals surface area contributed by atoms with Gasteiger partial charge in [-0.05, 0) is 6.92 Å². The first-order chi connectivity index (χ1) is 6.47. The van der Waals surface area contributed by atoms with Gasteiger partial charge >= 0.3 is 6.16 Å². The van der Waals surface area contributed by atoms with Gasteiger partial charge in [0.1, 0.15) is 6.61 Å². The molecule has 0 radical (unpaired) electrons. The minimum absolute atomic E-state index is 0.0580. The highest BCUT2D eigenvalue weighted by molar-refractivity contribution is 5.61. The van der Waals surface area contributed by atoms with E-state index < -0.39 is 18.2 Å². The number of rotatable bonds is 5. The lowest BCUT2D eigenvalue weighted by atomic mass is 10.3. The number of alkyl halides is 2. The normalized spacial score (nSPS) is 21.9. The quantitative estimate of drug-likeness (QED) is 0.510. The van der Waals surface area contributed by atoms with Crippen LogP contribution in [0.5, 0.6) is 0 Å². The summed E-state index contributed by atoms with van der Waals surface area (Å²) in [7, 11) is 0. The molecule has 0 aliphatic carbocycles. The number of hydrogen-bond acceptors (Lipinski definition) is 4. The molecule has 1 aliphatic rings. The lowest BCUT2D eigenvalue weighted by Gasteiger charge is -2.11. The second-order valence-corrected chi connectivity index (χ2v) is 3.20. The molecular weight excluding hydrogens is 198 g/mol. The molecule has 0 aromatic heterocycles. The van der Waals surface area contributed by atoms with Crippen LogP contribution in [-0.4, -0.2) is 38.0 Å². The van der Waals surface area contributed by atoms with Crippen molar-refractivity contribution in [3.63, 3.8) is 0 Å². The molecule has 0 spiro atoms. The Kier molecular flexibility index (Phi) is 3.62. The van der Waals surface area contributed by atoms with E-state index in [-0.39, 0.29) is 26.2 Å². The monoisotopic (exact) mass is 210 g/mol. The Morgan fingerprint density at radius 3 is 2.86 bits per heavy atom. The van der Waals surface area contributed by atoms with Crippen molar-refractivity contribution in [2.75, 3.05) is 19.8 Å². The molecule has 0 N–H and O–H groups in total. The molecule has 1 aliphatic heterocycles. The molecule has 1 rings (SSSR count). The maximum atomic E-state index is 12.3. The molecule has 6 heteroatoms.